The van der Waals surface area contributed by atoms with Gasteiger partial charge < -0.3 is 15.3 Å². The molecule has 0 saturated heterocycles. The van der Waals surface area contributed by atoms with Gasteiger partial charge in [0.1, 0.15) is 11.5 Å². The lowest BCUT2D eigenvalue weighted by molar-refractivity contribution is 0.357. The molecule has 28 heavy (non-hydrogen) atoms. The van der Waals surface area contributed by atoms with Gasteiger partial charge in [0.05, 0.1) is 5.56 Å². The predicted molar refractivity (Wildman–Crippen MR) is 109 cm³/mol. The van der Waals surface area contributed by atoms with Crippen LogP contribution < -0.4 is 11.4 Å². The van der Waals surface area contributed by atoms with Crippen molar-refractivity contribution in [2.24, 2.45) is 17.8 Å². The molecule has 3 aliphatic rings. The van der Waals surface area contributed by atoms with E-state index in [4.69, 9.17) is 10.2 Å². The summed E-state index contributed by atoms with van der Waals surface area (Å²) in [6.45, 7) is 0. The minimum Gasteiger partial charge on any atom is -0.507 e. The van der Waals surface area contributed by atoms with Crippen molar-refractivity contribution in [1.82, 2.24) is 0 Å². The van der Waals surface area contributed by atoms with Crippen LogP contribution in [0.3, 0.4) is 0 Å². The van der Waals surface area contributed by atoms with E-state index < -0.39 is 0 Å². The number of benzene rings is 1. The molecule has 0 bridgehead atoms. The van der Waals surface area contributed by atoms with Gasteiger partial charge in [-0.1, -0.05) is 37.8 Å². The predicted octanol–water partition coefficient (Wildman–Crippen LogP) is 5.15. The first-order chi connectivity index (χ1) is 13.6. The molecular formula is C24H29NO3. The second-order valence-electron chi connectivity index (χ2n) is 9.28. The molecule has 1 aromatic heterocycles. The number of hydrogen-bond donors (Lipinski definition) is 2. The summed E-state index contributed by atoms with van der Waals surface area (Å²) in [5.41, 5.74) is 7.69. The zero-order chi connectivity index (χ0) is 19.3. The first kappa shape index (κ1) is 17.8. The molecule has 2 aromatic rings. The van der Waals surface area contributed by atoms with E-state index in [-0.39, 0.29) is 23.2 Å². The van der Waals surface area contributed by atoms with Gasteiger partial charge in [-0.3, -0.25) is 0 Å². The average molecular weight is 380 g/mol. The first-order valence-electron chi connectivity index (χ1n) is 10.8. The Labute approximate surface area is 165 Å². The first-order valence-corrected chi connectivity index (χ1v) is 10.8. The third-order valence-electron chi connectivity index (χ3n) is 6.69. The Bertz CT molecular complexity index is 908. The summed E-state index contributed by atoms with van der Waals surface area (Å²) >= 11 is 0. The van der Waals surface area contributed by atoms with Crippen molar-refractivity contribution in [2.75, 3.05) is 5.73 Å². The minimum absolute atomic E-state index is 0.0992. The zero-order valence-corrected chi connectivity index (χ0v) is 16.3. The molecule has 1 aromatic carbocycles. The smallest absolute Gasteiger partial charge is 0.343 e. The van der Waals surface area contributed by atoms with Crippen LogP contribution in [-0.2, 0) is 0 Å². The lowest BCUT2D eigenvalue weighted by Gasteiger charge is -2.20. The molecule has 3 N–H and O–H groups in total. The second kappa shape index (κ2) is 6.98. The summed E-state index contributed by atoms with van der Waals surface area (Å²) in [6, 6.07) is 9.41. The third kappa shape index (κ3) is 3.82. The molecular weight excluding hydrogens is 350 g/mol. The molecule has 0 aliphatic heterocycles. The Morgan fingerprint density at radius 3 is 2.25 bits per heavy atom. The van der Waals surface area contributed by atoms with E-state index >= 15 is 0 Å². The fourth-order valence-electron chi connectivity index (χ4n) is 4.69. The van der Waals surface area contributed by atoms with Crippen LogP contribution in [0.15, 0.2) is 39.5 Å². The highest BCUT2D eigenvalue weighted by Gasteiger charge is 2.38. The van der Waals surface area contributed by atoms with E-state index in [1.54, 1.807) is 6.07 Å². The summed E-state index contributed by atoms with van der Waals surface area (Å²) in [5.74, 6) is 2.81. The fourth-order valence-corrected chi connectivity index (χ4v) is 4.69. The Balaban J connectivity index is 1.50. The molecule has 4 heteroatoms. The number of hydrogen-bond acceptors (Lipinski definition) is 4. The number of nitrogens with two attached hydrogens (primary N) is 1. The summed E-state index contributed by atoms with van der Waals surface area (Å²) in [4.78, 5) is 13.0. The fraction of sp³-hybridized carbons (Fsp3) is 0.542. The van der Waals surface area contributed by atoms with Gasteiger partial charge in [-0.05, 0) is 61.1 Å². The van der Waals surface area contributed by atoms with Gasteiger partial charge in [0.15, 0.2) is 0 Å². The van der Waals surface area contributed by atoms with Gasteiger partial charge in [0, 0.05) is 23.6 Å². The number of anilines is 1. The van der Waals surface area contributed by atoms with Gasteiger partial charge in [0.25, 0.3) is 0 Å². The lowest BCUT2D eigenvalue weighted by Crippen LogP contribution is -2.18. The lowest BCUT2D eigenvalue weighted by atomic mass is 9.86. The van der Waals surface area contributed by atoms with Crippen LogP contribution in [0.4, 0.5) is 5.69 Å². The van der Waals surface area contributed by atoms with Crippen LogP contribution in [0, 0.1) is 17.8 Å². The average Bonchev–Trinajstić information content (AvgIpc) is 3.51. The van der Waals surface area contributed by atoms with Crippen LogP contribution in [0.1, 0.15) is 80.1 Å². The van der Waals surface area contributed by atoms with Crippen molar-refractivity contribution in [1.29, 1.82) is 0 Å². The van der Waals surface area contributed by atoms with Crippen molar-refractivity contribution in [3.05, 3.63) is 57.6 Å². The van der Waals surface area contributed by atoms with Crippen LogP contribution in [0.5, 0.6) is 5.75 Å². The van der Waals surface area contributed by atoms with Crippen molar-refractivity contribution in [3.63, 3.8) is 0 Å². The summed E-state index contributed by atoms with van der Waals surface area (Å²) < 4.78 is 5.87. The van der Waals surface area contributed by atoms with E-state index in [9.17, 15) is 9.90 Å². The molecule has 1 unspecified atom stereocenters. The summed E-state index contributed by atoms with van der Waals surface area (Å²) in [7, 11) is 0. The molecule has 4 nitrogen and oxygen atoms in total. The maximum atomic E-state index is 13.0. The third-order valence-corrected chi connectivity index (χ3v) is 6.69. The maximum Gasteiger partial charge on any atom is 0.343 e. The molecule has 148 valence electrons. The van der Waals surface area contributed by atoms with Crippen molar-refractivity contribution >= 4 is 5.69 Å². The Hall–Kier alpha value is -2.23. The zero-order valence-electron chi connectivity index (χ0n) is 16.3. The van der Waals surface area contributed by atoms with E-state index in [1.165, 1.54) is 25.7 Å². The van der Waals surface area contributed by atoms with Crippen LogP contribution >= 0.6 is 0 Å². The second-order valence-corrected chi connectivity index (χ2v) is 9.28. The monoisotopic (exact) mass is 379 g/mol. The van der Waals surface area contributed by atoms with Crippen molar-refractivity contribution in [3.8, 4) is 5.75 Å². The quantitative estimate of drug-likeness (QED) is 0.622. The van der Waals surface area contributed by atoms with Crippen LogP contribution in [-0.4, -0.2) is 5.11 Å². The van der Waals surface area contributed by atoms with Crippen LogP contribution in [0.25, 0.3) is 0 Å². The SMILES string of the molecule is Nc1cccc(C(c2c(O)cc(C(CC3CC3)CC3CC3)oc2=O)C2CC2)c1. The molecule has 0 spiro atoms. The topological polar surface area (TPSA) is 76.5 Å². The highest BCUT2D eigenvalue weighted by Crippen LogP contribution is 2.49. The molecule has 3 saturated carbocycles. The minimum atomic E-state index is -0.370. The Morgan fingerprint density at radius 1 is 1.04 bits per heavy atom. The molecule has 1 heterocycles. The van der Waals surface area contributed by atoms with Gasteiger partial charge in [-0.15, -0.1) is 0 Å². The molecule has 0 amide bonds. The normalized spacial score (nSPS) is 20.5. The van der Waals surface area contributed by atoms with E-state index in [1.807, 2.05) is 24.3 Å². The van der Waals surface area contributed by atoms with E-state index in [0.717, 1.165) is 43.1 Å². The largest absolute Gasteiger partial charge is 0.507 e. The molecule has 0 radical (unpaired) electrons. The van der Waals surface area contributed by atoms with Gasteiger partial charge in [-0.2, -0.15) is 0 Å². The maximum absolute atomic E-state index is 13.0. The molecule has 1 atom stereocenters. The Kier molecular flexibility index (Phi) is 4.45. The molecule has 3 aliphatic carbocycles. The van der Waals surface area contributed by atoms with E-state index in [2.05, 4.69) is 0 Å². The highest BCUT2D eigenvalue weighted by atomic mass is 16.4. The van der Waals surface area contributed by atoms with Gasteiger partial charge >= 0.3 is 5.63 Å². The summed E-state index contributed by atoms with van der Waals surface area (Å²) in [6.07, 6.45) is 9.43. The highest BCUT2D eigenvalue weighted by molar-refractivity contribution is 5.47. The van der Waals surface area contributed by atoms with Gasteiger partial charge in [0.2, 0.25) is 0 Å². The summed E-state index contributed by atoms with van der Waals surface area (Å²) in [5, 5.41) is 10.9. The van der Waals surface area contributed by atoms with Gasteiger partial charge in [-0.25, -0.2) is 4.79 Å². The number of aromatic hydroxyl groups is 1. The van der Waals surface area contributed by atoms with Crippen molar-refractivity contribution in [2.45, 2.75) is 63.2 Å². The van der Waals surface area contributed by atoms with E-state index in [0.29, 0.717) is 22.9 Å². The van der Waals surface area contributed by atoms with Crippen molar-refractivity contribution < 1.29 is 9.52 Å². The number of nitrogen functional groups attached to an aromatic ring is 1. The Morgan fingerprint density at radius 2 is 1.71 bits per heavy atom. The number of rotatable bonds is 8. The standard InChI is InChI=1S/C24H29NO3/c25-19-3-1-2-17(12-19)22(16-8-9-16)23-20(26)13-21(28-24(23)27)18(10-14-4-5-14)11-15-6-7-15/h1-3,12-16,18,22,26H,4-11,25H2. The molecule has 3 fully saturated rings. The molecule has 5 rings (SSSR count). The van der Waals surface area contributed by atoms with Crippen LogP contribution in [0.2, 0.25) is 0 Å².